The largest absolute Gasteiger partial charge is 0.349 e. The summed E-state index contributed by atoms with van der Waals surface area (Å²) in [5.41, 5.74) is 0. The molecule has 96 valence electrons. The number of ether oxygens (including phenoxy) is 2. The van der Waals surface area contributed by atoms with Gasteiger partial charge in [-0.3, -0.25) is 0 Å². The smallest absolute Gasteiger partial charge is 0.162 e. The lowest BCUT2D eigenvalue weighted by atomic mass is 10.1. The fourth-order valence-corrected chi connectivity index (χ4v) is 1.79. The van der Waals surface area contributed by atoms with E-state index in [2.05, 4.69) is 19.2 Å². The van der Waals surface area contributed by atoms with Crippen LogP contribution in [0.5, 0.6) is 0 Å². The Hall–Kier alpha value is -0.120. The van der Waals surface area contributed by atoms with Crippen molar-refractivity contribution in [2.75, 3.05) is 19.8 Å². The van der Waals surface area contributed by atoms with Crippen molar-refractivity contribution >= 4 is 0 Å². The van der Waals surface area contributed by atoms with Crippen molar-refractivity contribution < 1.29 is 9.47 Å². The molecular weight excluding hydrogens is 202 g/mol. The molecule has 3 heteroatoms. The minimum absolute atomic E-state index is 0.368. The lowest BCUT2D eigenvalue weighted by molar-refractivity contribution is -0.252. The third kappa shape index (κ3) is 5.83. The van der Waals surface area contributed by atoms with Gasteiger partial charge in [0.1, 0.15) is 0 Å². The summed E-state index contributed by atoms with van der Waals surface area (Å²) in [6.07, 6.45) is 3.88. The molecule has 0 radical (unpaired) electrons. The third-order valence-electron chi connectivity index (χ3n) is 2.91. The van der Waals surface area contributed by atoms with Gasteiger partial charge in [-0.25, -0.2) is 0 Å². The maximum Gasteiger partial charge on any atom is 0.162 e. The van der Waals surface area contributed by atoms with Crippen LogP contribution < -0.4 is 5.32 Å². The molecule has 0 bridgehead atoms. The van der Waals surface area contributed by atoms with Crippen LogP contribution >= 0.6 is 0 Å². The summed E-state index contributed by atoms with van der Waals surface area (Å²) >= 11 is 0. The van der Waals surface area contributed by atoms with Crippen LogP contribution in [0.3, 0.4) is 0 Å². The first kappa shape index (κ1) is 13.9. The van der Waals surface area contributed by atoms with Crippen molar-refractivity contribution in [3.63, 3.8) is 0 Å². The van der Waals surface area contributed by atoms with Crippen LogP contribution in [0, 0.1) is 5.92 Å². The second-order valence-corrected chi connectivity index (χ2v) is 5.56. The van der Waals surface area contributed by atoms with Crippen LogP contribution in [-0.2, 0) is 9.47 Å². The second kappa shape index (κ2) is 6.58. The van der Waals surface area contributed by atoms with Crippen molar-refractivity contribution in [3.05, 3.63) is 0 Å². The molecule has 1 aliphatic rings. The molecule has 1 N–H and O–H groups in total. The summed E-state index contributed by atoms with van der Waals surface area (Å²) in [4.78, 5) is 0. The average molecular weight is 229 g/mol. The SMILES string of the molecule is CC(C)CCCCNC1COC(C)(C)OC1. The Labute approximate surface area is 99.9 Å². The summed E-state index contributed by atoms with van der Waals surface area (Å²) in [5, 5.41) is 3.48. The molecule has 1 aliphatic heterocycles. The van der Waals surface area contributed by atoms with Crippen molar-refractivity contribution in [1.82, 2.24) is 5.32 Å². The molecule has 0 spiro atoms. The van der Waals surface area contributed by atoms with Crippen LogP contribution in [0.15, 0.2) is 0 Å². The lowest BCUT2D eigenvalue weighted by Crippen LogP contribution is -2.48. The Morgan fingerprint density at radius 3 is 2.38 bits per heavy atom. The quantitative estimate of drug-likeness (QED) is 0.710. The molecule has 0 atom stereocenters. The van der Waals surface area contributed by atoms with Gasteiger partial charge in [-0.1, -0.05) is 26.7 Å². The molecule has 0 aromatic carbocycles. The molecule has 3 nitrogen and oxygen atoms in total. The van der Waals surface area contributed by atoms with E-state index >= 15 is 0 Å². The van der Waals surface area contributed by atoms with Gasteiger partial charge >= 0.3 is 0 Å². The highest BCUT2D eigenvalue weighted by atomic mass is 16.7. The van der Waals surface area contributed by atoms with E-state index in [-0.39, 0.29) is 0 Å². The van der Waals surface area contributed by atoms with Crippen molar-refractivity contribution in [2.45, 2.75) is 58.8 Å². The number of nitrogens with one attached hydrogen (secondary N) is 1. The summed E-state index contributed by atoms with van der Waals surface area (Å²) in [6.45, 7) is 11.1. The number of hydrogen-bond acceptors (Lipinski definition) is 3. The maximum absolute atomic E-state index is 5.59. The van der Waals surface area contributed by atoms with E-state index in [4.69, 9.17) is 9.47 Å². The zero-order chi connectivity index (χ0) is 12.0. The van der Waals surface area contributed by atoms with Crippen LogP contribution in [0.25, 0.3) is 0 Å². The van der Waals surface area contributed by atoms with Crippen LogP contribution in [-0.4, -0.2) is 31.6 Å². The minimum Gasteiger partial charge on any atom is -0.349 e. The predicted molar refractivity (Wildman–Crippen MR) is 66.5 cm³/mol. The fourth-order valence-electron chi connectivity index (χ4n) is 1.79. The molecule has 0 saturated carbocycles. The topological polar surface area (TPSA) is 30.5 Å². The zero-order valence-electron chi connectivity index (χ0n) is 11.2. The first-order valence-electron chi connectivity index (χ1n) is 6.51. The zero-order valence-corrected chi connectivity index (χ0v) is 11.2. The number of hydrogen-bond donors (Lipinski definition) is 1. The van der Waals surface area contributed by atoms with E-state index in [1.807, 2.05) is 13.8 Å². The van der Waals surface area contributed by atoms with E-state index in [9.17, 15) is 0 Å². The molecular formula is C13H27NO2. The lowest BCUT2D eigenvalue weighted by Gasteiger charge is -2.35. The number of unbranched alkanes of at least 4 members (excludes halogenated alkanes) is 1. The molecule has 0 aliphatic carbocycles. The third-order valence-corrected chi connectivity index (χ3v) is 2.91. The average Bonchev–Trinajstić information content (AvgIpc) is 2.19. The highest BCUT2D eigenvalue weighted by Gasteiger charge is 2.27. The second-order valence-electron chi connectivity index (χ2n) is 5.56. The highest BCUT2D eigenvalue weighted by molar-refractivity contribution is 4.72. The van der Waals surface area contributed by atoms with E-state index in [0.717, 1.165) is 25.7 Å². The van der Waals surface area contributed by atoms with E-state index < -0.39 is 5.79 Å². The molecule has 1 fully saturated rings. The molecule has 1 saturated heterocycles. The van der Waals surface area contributed by atoms with Gasteiger partial charge in [0, 0.05) is 0 Å². The Morgan fingerprint density at radius 2 is 1.81 bits per heavy atom. The number of rotatable bonds is 6. The van der Waals surface area contributed by atoms with Crippen LogP contribution in [0.4, 0.5) is 0 Å². The standard InChI is InChI=1S/C13H27NO2/c1-11(2)7-5-6-8-14-12-9-15-13(3,4)16-10-12/h11-12,14H,5-10H2,1-4H3. The van der Waals surface area contributed by atoms with Gasteiger partial charge in [-0.05, 0) is 32.7 Å². The molecule has 0 aromatic heterocycles. The Bertz CT molecular complexity index is 182. The Balaban J connectivity index is 1.98. The first-order valence-corrected chi connectivity index (χ1v) is 6.51. The van der Waals surface area contributed by atoms with E-state index in [1.165, 1.54) is 19.3 Å². The normalized spacial score (nSPS) is 21.6. The summed E-state index contributed by atoms with van der Waals surface area (Å²) < 4.78 is 11.2. The maximum atomic E-state index is 5.59. The van der Waals surface area contributed by atoms with Gasteiger partial charge in [-0.2, -0.15) is 0 Å². The summed E-state index contributed by atoms with van der Waals surface area (Å²) in [7, 11) is 0. The molecule has 0 amide bonds. The fraction of sp³-hybridized carbons (Fsp3) is 1.00. The molecule has 0 unspecified atom stereocenters. The minimum atomic E-state index is -0.393. The van der Waals surface area contributed by atoms with Crippen molar-refractivity contribution in [2.24, 2.45) is 5.92 Å². The summed E-state index contributed by atoms with van der Waals surface area (Å²) in [5.74, 6) is 0.428. The van der Waals surface area contributed by atoms with Crippen molar-refractivity contribution in [1.29, 1.82) is 0 Å². The molecule has 1 rings (SSSR count). The van der Waals surface area contributed by atoms with Crippen LogP contribution in [0.2, 0.25) is 0 Å². The van der Waals surface area contributed by atoms with E-state index in [1.54, 1.807) is 0 Å². The van der Waals surface area contributed by atoms with Gasteiger partial charge in [0.2, 0.25) is 0 Å². The van der Waals surface area contributed by atoms with Gasteiger partial charge in [0.15, 0.2) is 5.79 Å². The Morgan fingerprint density at radius 1 is 1.19 bits per heavy atom. The summed E-state index contributed by atoms with van der Waals surface area (Å²) in [6, 6.07) is 0.368. The van der Waals surface area contributed by atoms with E-state index in [0.29, 0.717) is 6.04 Å². The van der Waals surface area contributed by atoms with Crippen molar-refractivity contribution in [3.8, 4) is 0 Å². The molecule has 0 aromatic rings. The first-order chi connectivity index (χ1) is 7.49. The van der Waals surface area contributed by atoms with Gasteiger partial charge in [0.05, 0.1) is 19.3 Å². The Kier molecular flexibility index (Phi) is 5.73. The van der Waals surface area contributed by atoms with Gasteiger partial charge < -0.3 is 14.8 Å². The molecule has 16 heavy (non-hydrogen) atoms. The highest BCUT2D eigenvalue weighted by Crippen LogP contribution is 2.16. The molecule has 1 heterocycles. The van der Waals surface area contributed by atoms with Gasteiger partial charge in [-0.15, -0.1) is 0 Å². The van der Waals surface area contributed by atoms with Crippen LogP contribution in [0.1, 0.15) is 47.0 Å². The predicted octanol–water partition coefficient (Wildman–Crippen LogP) is 2.55. The van der Waals surface area contributed by atoms with Gasteiger partial charge in [0.25, 0.3) is 0 Å². The monoisotopic (exact) mass is 229 g/mol.